The van der Waals surface area contributed by atoms with Gasteiger partial charge in [0.25, 0.3) is 0 Å². The summed E-state index contributed by atoms with van der Waals surface area (Å²) in [6, 6.07) is 24.7. The van der Waals surface area contributed by atoms with E-state index in [1.54, 1.807) is 0 Å². The van der Waals surface area contributed by atoms with Gasteiger partial charge >= 0.3 is 19.5 Å². The summed E-state index contributed by atoms with van der Waals surface area (Å²) in [7, 11) is 0. The summed E-state index contributed by atoms with van der Waals surface area (Å²) < 4.78 is 0. The van der Waals surface area contributed by atoms with Gasteiger partial charge in [-0.15, -0.1) is 22.1 Å². The van der Waals surface area contributed by atoms with Crippen molar-refractivity contribution < 1.29 is 24.6 Å². The Hall–Kier alpha value is -4.12. The van der Waals surface area contributed by atoms with Crippen molar-refractivity contribution in [3.8, 4) is 22.3 Å². The maximum absolute atomic E-state index is 11.8. The van der Waals surface area contributed by atoms with E-state index >= 15 is 0 Å². The maximum atomic E-state index is 11.8. The van der Waals surface area contributed by atoms with Crippen molar-refractivity contribution in [2.75, 3.05) is 0 Å². The molecule has 0 aliphatic carbocycles. The van der Waals surface area contributed by atoms with E-state index in [9.17, 15) is 5.11 Å². The predicted molar refractivity (Wildman–Crippen MR) is 176 cm³/mol. The molecule has 5 nitrogen and oxygen atoms in total. The van der Waals surface area contributed by atoms with E-state index in [2.05, 4.69) is 70.2 Å². The Morgan fingerprint density at radius 1 is 0.682 bits per heavy atom. The molecule has 2 aromatic carbocycles. The number of hydrogen-bond acceptors (Lipinski definition) is 3. The van der Waals surface area contributed by atoms with Gasteiger partial charge in [-0.05, 0) is 78.8 Å². The van der Waals surface area contributed by atoms with Crippen LogP contribution >= 0.6 is 0 Å². The van der Waals surface area contributed by atoms with Crippen molar-refractivity contribution in [3.05, 3.63) is 118 Å². The van der Waals surface area contributed by atoms with Gasteiger partial charge in [-0.2, -0.15) is 0 Å². The van der Waals surface area contributed by atoms with Crippen LogP contribution in [0.5, 0.6) is 0 Å². The molecule has 8 bridgehead atoms. The SMILES string of the molecule is Cc1cc(C)c(-c2c3nc(c(C)c4ccc(cc5nc(c(-c6ccccc6)c6ccc2[n-]6)C(O)C5(C)C)[n-]4)C=C3)c(C)c1.[Zn+2]. The van der Waals surface area contributed by atoms with E-state index < -0.39 is 11.5 Å². The molecule has 1 unspecified atom stereocenters. The first-order chi connectivity index (χ1) is 20.6. The Labute approximate surface area is 270 Å². The molecule has 0 radical (unpaired) electrons. The first-order valence-corrected chi connectivity index (χ1v) is 14.7. The normalized spacial score (nSPS) is 15.3. The minimum absolute atomic E-state index is 0. The van der Waals surface area contributed by atoms with Gasteiger partial charge in [0.15, 0.2) is 0 Å². The number of aryl methyl sites for hydroxylation is 4. The summed E-state index contributed by atoms with van der Waals surface area (Å²) in [6.45, 7) is 12.6. The molecule has 2 aliphatic heterocycles. The molecule has 1 N–H and O–H groups in total. The first-order valence-electron chi connectivity index (χ1n) is 14.7. The molecular weight excluding hydrogens is 594 g/mol. The van der Waals surface area contributed by atoms with E-state index in [4.69, 9.17) is 19.9 Å². The van der Waals surface area contributed by atoms with Crippen LogP contribution in [0.3, 0.4) is 0 Å². The second kappa shape index (κ2) is 11.1. The number of aliphatic hydroxyl groups is 1. The third-order valence-electron chi connectivity index (χ3n) is 8.85. The molecule has 1 atom stereocenters. The van der Waals surface area contributed by atoms with E-state index in [0.29, 0.717) is 5.69 Å². The van der Waals surface area contributed by atoms with Gasteiger partial charge in [0.2, 0.25) is 0 Å². The summed E-state index contributed by atoms with van der Waals surface area (Å²) in [6.07, 6.45) is 3.34. The molecule has 6 heteroatoms. The fourth-order valence-electron chi connectivity index (χ4n) is 6.51. The van der Waals surface area contributed by atoms with E-state index in [-0.39, 0.29) is 19.5 Å². The van der Waals surface area contributed by atoms with Crippen LogP contribution in [0.15, 0.2) is 72.8 Å². The summed E-state index contributed by atoms with van der Waals surface area (Å²) in [5.41, 5.74) is 14.3. The fourth-order valence-corrected chi connectivity index (χ4v) is 6.51. The van der Waals surface area contributed by atoms with Crippen LogP contribution in [-0.2, 0) is 24.9 Å². The second-order valence-corrected chi connectivity index (χ2v) is 12.4. The monoisotopic (exact) mass is 626 g/mol. The zero-order valence-corrected chi connectivity index (χ0v) is 29.1. The van der Waals surface area contributed by atoms with Crippen molar-refractivity contribution >= 4 is 34.2 Å². The van der Waals surface area contributed by atoms with Crippen LogP contribution in [0.1, 0.15) is 65.0 Å². The van der Waals surface area contributed by atoms with Gasteiger partial charge in [-0.1, -0.05) is 92.2 Å². The Morgan fingerprint density at radius 3 is 2.02 bits per heavy atom. The van der Waals surface area contributed by atoms with Gasteiger partial charge < -0.3 is 15.1 Å². The predicted octanol–water partition coefficient (Wildman–Crippen LogP) is 8.32. The van der Waals surface area contributed by atoms with Crippen LogP contribution in [0.4, 0.5) is 0 Å². The molecule has 44 heavy (non-hydrogen) atoms. The Morgan fingerprint density at radius 2 is 1.32 bits per heavy atom. The summed E-state index contributed by atoms with van der Waals surface area (Å²) in [4.78, 5) is 20.5. The Balaban J connectivity index is 0.00000343. The third-order valence-corrected chi connectivity index (χ3v) is 8.85. The van der Waals surface area contributed by atoms with Gasteiger partial charge in [-0.25, -0.2) is 4.98 Å². The van der Waals surface area contributed by atoms with Crippen LogP contribution in [0, 0.1) is 27.7 Å². The molecule has 0 saturated carbocycles. The average molecular weight is 628 g/mol. The minimum atomic E-state index is -0.823. The zero-order valence-electron chi connectivity index (χ0n) is 26.1. The van der Waals surface area contributed by atoms with E-state index in [1.807, 2.05) is 56.3 Å². The molecule has 5 aromatic rings. The van der Waals surface area contributed by atoms with Crippen molar-refractivity contribution in [3.63, 3.8) is 0 Å². The van der Waals surface area contributed by atoms with Gasteiger partial charge in [0.05, 0.1) is 17.1 Å². The van der Waals surface area contributed by atoms with Crippen molar-refractivity contribution in [2.24, 2.45) is 0 Å². The number of benzene rings is 2. The van der Waals surface area contributed by atoms with Crippen molar-refractivity contribution in [1.82, 2.24) is 19.9 Å². The van der Waals surface area contributed by atoms with Crippen LogP contribution in [0.25, 0.3) is 56.5 Å². The summed E-state index contributed by atoms with van der Waals surface area (Å²) >= 11 is 0. The number of rotatable bonds is 2. The number of aliphatic hydroxyl groups excluding tert-OH is 1. The topological polar surface area (TPSA) is 74.2 Å². The maximum Gasteiger partial charge on any atom is 2.00 e. The molecule has 3 aromatic heterocycles. The van der Waals surface area contributed by atoms with Crippen LogP contribution < -0.4 is 9.97 Å². The number of aromatic nitrogens is 4. The molecule has 0 saturated heterocycles. The molecular formula is C38H34N4OZn. The number of nitrogens with zero attached hydrogens (tertiary/aromatic N) is 4. The molecule has 2 aliphatic rings. The standard InChI is InChI=1S/C38H34N4O.Zn/c1-21-18-22(2)33(23(3)19-21)35-30-15-14-28(40-30)24(4)27-13-12-26(39-27)20-32-38(5,6)37(43)36(42-32)34(25-10-8-7-9-11-25)29-16-17-31(35)41-29;/h7-20,37,43H,1-6H3;/q-2;+2. The third kappa shape index (κ3) is 4.87. The molecule has 0 fully saturated rings. The summed E-state index contributed by atoms with van der Waals surface area (Å²) in [5, 5.41) is 11.8. The van der Waals surface area contributed by atoms with Crippen molar-refractivity contribution in [1.29, 1.82) is 0 Å². The van der Waals surface area contributed by atoms with E-state index in [0.717, 1.165) is 67.0 Å². The molecule has 0 amide bonds. The number of fused-ring (bicyclic) bond motifs is 8. The Kier molecular flexibility index (Phi) is 7.56. The Bertz CT molecular complexity index is 2100. The van der Waals surface area contributed by atoms with Gasteiger partial charge in [0, 0.05) is 11.1 Å². The van der Waals surface area contributed by atoms with E-state index in [1.165, 1.54) is 16.7 Å². The molecule has 7 rings (SSSR count). The molecule has 0 spiro atoms. The fraction of sp³-hybridized carbons (Fsp3) is 0.211. The van der Waals surface area contributed by atoms with Crippen molar-refractivity contribution in [2.45, 2.75) is 53.1 Å². The first kappa shape index (κ1) is 29.9. The van der Waals surface area contributed by atoms with Crippen LogP contribution in [0.2, 0.25) is 0 Å². The largest absolute Gasteiger partial charge is 2.00 e. The minimum Gasteiger partial charge on any atom is -0.658 e. The van der Waals surface area contributed by atoms with Gasteiger partial charge in [0.1, 0.15) is 6.10 Å². The molecule has 214 valence electrons. The van der Waals surface area contributed by atoms with Crippen LogP contribution in [-0.4, -0.2) is 15.1 Å². The second-order valence-electron chi connectivity index (χ2n) is 12.4. The zero-order chi connectivity index (χ0) is 30.0. The average Bonchev–Trinajstić information content (AvgIpc) is 3.77. The quantitative estimate of drug-likeness (QED) is 0.195. The number of hydrogen-bond donors (Lipinski definition) is 1. The summed E-state index contributed by atoms with van der Waals surface area (Å²) in [5.74, 6) is 0. The smallest absolute Gasteiger partial charge is 0.658 e. The van der Waals surface area contributed by atoms with Gasteiger partial charge in [-0.3, -0.25) is 4.98 Å². The molecule has 5 heterocycles.